The van der Waals surface area contributed by atoms with E-state index < -0.39 is 0 Å². The molecule has 0 saturated carbocycles. The molecule has 0 amide bonds. The molecule has 1 aromatic carbocycles. The quantitative estimate of drug-likeness (QED) is 0.857. The average Bonchev–Trinajstić information content (AvgIpc) is 2.39. The van der Waals surface area contributed by atoms with Gasteiger partial charge in [0.15, 0.2) is 0 Å². The van der Waals surface area contributed by atoms with E-state index in [9.17, 15) is 4.39 Å². The first-order valence-corrected chi connectivity index (χ1v) is 6.72. The molecule has 0 aliphatic carbocycles. The molecule has 1 fully saturated rings. The highest BCUT2D eigenvalue weighted by molar-refractivity contribution is 9.10. The Morgan fingerprint density at radius 2 is 2.18 bits per heavy atom. The summed E-state index contributed by atoms with van der Waals surface area (Å²) in [6.07, 6.45) is 1.10. The van der Waals surface area contributed by atoms with Crippen LogP contribution < -0.4 is 10.2 Å². The number of nitrogens with zero attached hydrogens (tertiary/aromatic N) is 1. The second-order valence-corrected chi connectivity index (χ2v) is 6.04. The van der Waals surface area contributed by atoms with Crippen molar-refractivity contribution in [1.29, 1.82) is 0 Å². The standard InChI is InChI=1S/C13H18BrFN2/c1-13(2)9-17(7-3-6-16-13)12-5-4-10(15)8-11(12)14/h4-5,8,16H,3,6-7,9H2,1-2H3. The van der Waals surface area contributed by atoms with Crippen LogP contribution in [0.4, 0.5) is 10.1 Å². The Labute approximate surface area is 110 Å². The molecule has 1 aliphatic heterocycles. The van der Waals surface area contributed by atoms with Crippen molar-refractivity contribution in [2.45, 2.75) is 25.8 Å². The third kappa shape index (κ3) is 3.19. The van der Waals surface area contributed by atoms with Crippen molar-refractivity contribution >= 4 is 21.6 Å². The fourth-order valence-electron chi connectivity index (χ4n) is 2.25. The van der Waals surface area contributed by atoms with Crippen LogP contribution in [0.2, 0.25) is 0 Å². The molecule has 94 valence electrons. The molecular formula is C13H18BrFN2. The molecule has 0 radical (unpaired) electrons. The first-order valence-electron chi connectivity index (χ1n) is 5.93. The van der Waals surface area contributed by atoms with Crippen molar-refractivity contribution in [3.05, 3.63) is 28.5 Å². The average molecular weight is 301 g/mol. The van der Waals surface area contributed by atoms with Gasteiger partial charge in [0.05, 0.1) is 5.69 Å². The van der Waals surface area contributed by atoms with Gasteiger partial charge >= 0.3 is 0 Å². The number of hydrogen-bond donors (Lipinski definition) is 1. The molecule has 17 heavy (non-hydrogen) atoms. The topological polar surface area (TPSA) is 15.3 Å². The van der Waals surface area contributed by atoms with E-state index in [1.54, 1.807) is 0 Å². The van der Waals surface area contributed by atoms with Crippen LogP contribution in [-0.4, -0.2) is 25.2 Å². The zero-order valence-corrected chi connectivity index (χ0v) is 11.8. The predicted molar refractivity (Wildman–Crippen MR) is 73.0 cm³/mol. The van der Waals surface area contributed by atoms with E-state index in [0.717, 1.165) is 36.2 Å². The van der Waals surface area contributed by atoms with Gasteiger partial charge in [0, 0.05) is 23.1 Å². The Balaban J connectivity index is 2.25. The number of rotatable bonds is 1. The molecule has 0 spiro atoms. The second kappa shape index (κ2) is 4.94. The summed E-state index contributed by atoms with van der Waals surface area (Å²) in [4.78, 5) is 2.31. The number of benzene rings is 1. The molecule has 4 heteroatoms. The lowest BCUT2D eigenvalue weighted by atomic mass is 10.1. The highest BCUT2D eigenvalue weighted by Gasteiger charge is 2.25. The van der Waals surface area contributed by atoms with Crippen LogP contribution in [0.25, 0.3) is 0 Å². The van der Waals surface area contributed by atoms with Gasteiger partial charge in [-0.2, -0.15) is 0 Å². The van der Waals surface area contributed by atoms with Gasteiger partial charge in [-0.3, -0.25) is 0 Å². The molecule has 1 aliphatic rings. The van der Waals surface area contributed by atoms with E-state index in [1.807, 2.05) is 6.07 Å². The maximum atomic E-state index is 13.1. The molecule has 2 rings (SSSR count). The zero-order chi connectivity index (χ0) is 12.5. The maximum absolute atomic E-state index is 13.1. The van der Waals surface area contributed by atoms with E-state index in [-0.39, 0.29) is 11.4 Å². The van der Waals surface area contributed by atoms with E-state index in [4.69, 9.17) is 0 Å². The van der Waals surface area contributed by atoms with Gasteiger partial charge in [0.25, 0.3) is 0 Å². The summed E-state index contributed by atoms with van der Waals surface area (Å²) in [7, 11) is 0. The molecule has 1 aromatic rings. The van der Waals surface area contributed by atoms with Crippen molar-refractivity contribution in [3.63, 3.8) is 0 Å². The molecule has 1 saturated heterocycles. The summed E-state index contributed by atoms with van der Waals surface area (Å²) in [5, 5.41) is 3.52. The molecular weight excluding hydrogens is 283 g/mol. The normalized spacial score (nSPS) is 20.1. The first-order chi connectivity index (χ1) is 7.98. The van der Waals surface area contributed by atoms with Crippen LogP contribution in [-0.2, 0) is 0 Å². The lowest BCUT2D eigenvalue weighted by Gasteiger charge is -2.32. The van der Waals surface area contributed by atoms with Crippen LogP contribution in [0.15, 0.2) is 22.7 Å². The molecule has 1 N–H and O–H groups in total. The van der Waals surface area contributed by atoms with Crippen molar-refractivity contribution in [2.75, 3.05) is 24.5 Å². The monoisotopic (exact) mass is 300 g/mol. The van der Waals surface area contributed by atoms with Crippen molar-refractivity contribution in [3.8, 4) is 0 Å². The van der Waals surface area contributed by atoms with Gasteiger partial charge in [-0.25, -0.2) is 4.39 Å². The minimum Gasteiger partial charge on any atom is -0.369 e. The maximum Gasteiger partial charge on any atom is 0.124 e. The van der Waals surface area contributed by atoms with Gasteiger partial charge in [-0.05, 0) is 60.9 Å². The Kier molecular flexibility index (Phi) is 3.73. The van der Waals surface area contributed by atoms with E-state index >= 15 is 0 Å². The molecule has 0 aromatic heterocycles. The third-order valence-corrected chi connectivity index (χ3v) is 3.68. The van der Waals surface area contributed by atoms with Crippen molar-refractivity contribution in [1.82, 2.24) is 5.32 Å². The number of halogens is 2. The Morgan fingerprint density at radius 3 is 2.88 bits per heavy atom. The first kappa shape index (κ1) is 12.8. The van der Waals surface area contributed by atoms with Gasteiger partial charge < -0.3 is 10.2 Å². The Hall–Kier alpha value is -0.610. The van der Waals surface area contributed by atoms with E-state index in [0.29, 0.717) is 0 Å². The van der Waals surface area contributed by atoms with Crippen molar-refractivity contribution < 1.29 is 4.39 Å². The minimum absolute atomic E-state index is 0.0876. The highest BCUT2D eigenvalue weighted by Crippen LogP contribution is 2.29. The Morgan fingerprint density at radius 1 is 1.41 bits per heavy atom. The fourth-order valence-corrected chi connectivity index (χ4v) is 2.85. The van der Waals surface area contributed by atoms with Crippen molar-refractivity contribution in [2.24, 2.45) is 0 Å². The minimum atomic E-state index is -0.201. The summed E-state index contributed by atoms with van der Waals surface area (Å²) >= 11 is 3.44. The summed E-state index contributed by atoms with van der Waals surface area (Å²) in [5.74, 6) is -0.201. The summed E-state index contributed by atoms with van der Waals surface area (Å²) < 4.78 is 13.9. The smallest absolute Gasteiger partial charge is 0.124 e. The van der Waals surface area contributed by atoms with Crippen LogP contribution in [0.5, 0.6) is 0 Å². The van der Waals surface area contributed by atoms with Gasteiger partial charge in [0.1, 0.15) is 5.82 Å². The van der Waals surface area contributed by atoms with Crippen LogP contribution in [0.3, 0.4) is 0 Å². The van der Waals surface area contributed by atoms with Crippen LogP contribution >= 0.6 is 15.9 Å². The molecule has 0 unspecified atom stereocenters. The highest BCUT2D eigenvalue weighted by atomic mass is 79.9. The van der Waals surface area contributed by atoms with E-state index in [2.05, 4.69) is 40.0 Å². The largest absolute Gasteiger partial charge is 0.369 e. The summed E-state index contributed by atoms with van der Waals surface area (Å²) in [6, 6.07) is 4.90. The van der Waals surface area contributed by atoms with Crippen LogP contribution in [0.1, 0.15) is 20.3 Å². The lowest BCUT2D eigenvalue weighted by molar-refractivity contribution is 0.416. The number of hydrogen-bond acceptors (Lipinski definition) is 2. The van der Waals surface area contributed by atoms with Gasteiger partial charge in [-0.15, -0.1) is 0 Å². The molecule has 0 atom stereocenters. The molecule has 2 nitrogen and oxygen atoms in total. The number of anilines is 1. The summed E-state index contributed by atoms with van der Waals surface area (Å²) in [5.41, 5.74) is 1.16. The SMILES string of the molecule is CC1(C)CN(c2ccc(F)cc2Br)CCCN1. The van der Waals surface area contributed by atoms with E-state index in [1.165, 1.54) is 12.1 Å². The molecule has 1 heterocycles. The predicted octanol–water partition coefficient (Wildman–Crippen LogP) is 3.17. The van der Waals surface area contributed by atoms with Gasteiger partial charge in [-0.1, -0.05) is 0 Å². The summed E-state index contributed by atoms with van der Waals surface area (Å²) in [6.45, 7) is 7.35. The van der Waals surface area contributed by atoms with Crippen LogP contribution in [0, 0.1) is 5.82 Å². The fraction of sp³-hybridized carbons (Fsp3) is 0.538. The van der Waals surface area contributed by atoms with Gasteiger partial charge in [0.2, 0.25) is 0 Å². The third-order valence-electron chi connectivity index (χ3n) is 3.04. The lowest BCUT2D eigenvalue weighted by Crippen LogP contribution is -2.46. The second-order valence-electron chi connectivity index (χ2n) is 5.18. The molecule has 0 bridgehead atoms. The Bertz CT molecular complexity index is 406. The number of nitrogens with one attached hydrogen (secondary N) is 1. The zero-order valence-electron chi connectivity index (χ0n) is 10.3.